The van der Waals surface area contributed by atoms with Crippen molar-refractivity contribution in [3.05, 3.63) is 0 Å². The first kappa shape index (κ1) is 14.4. The first-order valence-corrected chi connectivity index (χ1v) is 5.90. The summed E-state index contributed by atoms with van der Waals surface area (Å²) >= 11 is 0. The Hall–Kier alpha value is -1.63. The highest BCUT2D eigenvalue weighted by atomic mass is 16.5. The first-order valence-electron chi connectivity index (χ1n) is 5.90. The lowest BCUT2D eigenvalue weighted by molar-refractivity contribution is 0.378. The Balaban J connectivity index is 2.68. The van der Waals surface area contributed by atoms with Crippen molar-refractivity contribution < 1.29 is 4.74 Å². The average Bonchev–Trinajstić information content (AvgIpc) is 2.37. The molecule has 0 bridgehead atoms. The van der Waals surface area contributed by atoms with Gasteiger partial charge in [0.25, 0.3) is 0 Å². The molecule has 0 aliphatic heterocycles. The normalized spacial score (nSPS) is 10.6. The van der Waals surface area contributed by atoms with E-state index in [2.05, 4.69) is 39.3 Å². The molecule has 1 N–H and O–H groups in total. The highest BCUT2D eigenvalue weighted by Gasteiger charge is 2.09. The summed E-state index contributed by atoms with van der Waals surface area (Å²) in [5, 5.41) is 2.89. The number of methoxy groups -OCH3 is 1. The average molecular weight is 254 g/mol. The Morgan fingerprint density at radius 3 is 2.39 bits per heavy atom. The molecule has 7 nitrogen and oxygen atoms in total. The van der Waals surface area contributed by atoms with Crippen LogP contribution in [0.3, 0.4) is 0 Å². The van der Waals surface area contributed by atoms with Crippen LogP contribution in [-0.4, -0.2) is 68.2 Å². The van der Waals surface area contributed by atoms with Crippen molar-refractivity contribution in [3.63, 3.8) is 0 Å². The van der Waals surface area contributed by atoms with Crippen LogP contribution in [0.15, 0.2) is 0 Å². The predicted octanol–water partition coefficient (Wildman–Crippen LogP) is 0.310. The van der Waals surface area contributed by atoms with Crippen molar-refractivity contribution in [3.8, 4) is 6.01 Å². The van der Waals surface area contributed by atoms with Crippen LogP contribution in [0.2, 0.25) is 0 Å². The second-order valence-electron chi connectivity index (χ2n) is 4.27. The van der Waals surface area contributed by atoms with E-state index in [0.29, 0.717) is 17.9 Å². The number of rotatable bonds is 7. The predicted molar refractivity (Wildman–Crippen MR) is 72.4 cm³/mol. The minimum Gasteiger partial charge on any atom is -0.467 e. The highest BCUT2D eigenvalue weighted by molar-refractivity contribution is 5.37. The molecule has 1 aromatic heterocycles. The lowest BCUT2D eigenvalue weighted by Crippen LogP contribution is -2.25. The monoisotopic (exact) mass is 254 g/mol. The fraction of sp³-hybridized carbons (Fsp3) is 0.727. The second-order valence-corrected chi connectivity index (χ2v) is 4.27. The molecule has 0 aromatic carbocycles. The SMILES string of the molecule is CNc1nc(OC)nc(N(C)CCCN(C)C)n1. The van der Waals surface area contributed by atoms with Crippen LogP contribution in [0.4, 0.5) is 11.9 Å². The third kappa shape index (κ3) is 4.33. The van der Waals surface area contributed by atoms with Crippen molar-refractivity contribution in [2.45, 2.75) is 6.42 Å². The van der Waals surface area contributed by atoms with E-state index in [0.717, 1.165) is 19.5 Å². The molecule has 0 radical (unpaired) electrons. The first-order chi connectivity index (χ1) is 8.56. The van der Waals surface area contributed by atoms with Crippen LogP contribution in [0.25, 0.3) is 0 Å². The van der Waals surface area contributed by atoms with Gasteiger partial charge in [-0.15, -0.1) is 0 Å². The van der Waals surface area contributed by atoms with Gasteiger partial charge in [-0.25, -0.2) is 0 Å². The molecular formula is C11H22N6O. The van der Waals surface area contributed by atoms with Crippen molar-refractivity contribution in [2.75, 3.05) is 58.6 Å². The standard InChI is InChI=1S/C11H22N6O/c1-12-9-13-10(15-11(14-9)18-5)17(4)8-6-7-16(2)3/h6-8H2,1-5H3,(H,12,13,14,15). The number of anilines is 2. The van der Waals surface area contributed by atoms with Gasteiger partial charge >= 0.3 is 6.01 Å². The number of nitrogens with zero attached hydrogens (tertiary/aromatic N) is 5. The van der Waals surface area contributed by atoms with Crippen molar-refractivity contribution in [1.82, 2.24) is 19.9 Å². The van der Waals surface area contributed by atoms with Crippen LogP contribution < -0.4 is 15.0 Å². The molecule has 1 rings (SSSR count). The minimum absolute atomic E-state index is 0.323. The number of hydrogen-bond acceptors (Lipinski definition) is 7. The molecule has 0 atom stereocenters. The molecule has 0 amide bonds. The third-order valence-corrected chi connectivity index (χ3v) is 2.45. The molecule has 0 unspecified atom stereocenters. The molecule has 0 aliphatic carbocycles. The Morgan fingerprint density at radius 2 is 1.83 bits per heavy atom. The van der Waals surface area contributed by atoms with E-state index in [1.807, 2.05) is 11.9 Å². The molecule has 7 heteroatoms. The summed E-state index contributed by atoms with van der Waals surface area (Å²) in [6, 6.07) is 0.323. The van der Waals surface area contributed by atoms with E-state index in [1.165, 1.54) is 0 Å². The van der Waals surface area contributed by atoms with Gasteiger partial charge < -0.3 is 19.9 Å². The lowest BCUT2D eigenvalue weighted by atomic mass is 10.4. The summed E-state index contributed by atoms with van der Waals surface area (Å²) in [6.45, 7) is 1.92. The topological polar surface area (TPSA) is 66.4 Å². The van der Waals surface area contributed by atoms with Gasteiger partial charge in [0.1, 0.15) is 0 Å². The van der Waals surface area contributed by atoms with Gasteiger partial charge in [0, 0.05) is 20.6 Å². The lowest BCUT2D eigenvalue weighted by Gasteiger charge is -2.18. The van der Waals surface area contributed by atoms with Gasteiger partial charge in [0.05, 0.1) is 7.11 Å². The largest absolute Gasteiger partial charge is 0.467 e. The molecule has 0 saturated carbocycles. The highest BCUT2D eigenvalue weighted by Crippen LogP contribution is 2.13. The van der Waals surface area contributed by atoms with Crippen LogP contribution in [-0.2, 0) is 0 Å². The van der Waals surface area contributed by atoms with E-state index in [9.17, 15) is 0 Å². The van der Waals surface area contributed by atoms with Crippen LogP contribution >= 0.6 is 0 Å². The Morgan fingerprint density at radius 1 is 1.11 bits per heavy atom. The number of nitrogens with one attached hydrogen (secondary N) is 1. The maximum absolute atomic E-state index is 5.05. The Kier molecular flexibility index (Phi) is 5.57. The Bertz CT molecular complexity index is 348. The fourth-order valence-electron chi connectivity index (χ4n) is 1.44. The molecule has 1 aromatic rings. The van der Waals surface area contributed by atoms with E-state index in [-0.39, 0.29) is 0 Å². The maximum atomic E-state index is 5.05. The van der Waals surface area contributed by atoms with E-state index < -0.39 is 0 Å². The molecule has 102 valence electrons. The summed E-state index contributed by atoms with van der Waals surface area (Å²) in [6.07, 6.45) is 1.05. The van der Waals surface area contributed by atoms with E-state index in [1.54, 1.807) is 14.2 Å². The van der Waals surface area contributed by atoms with Crippen LogP contribution in [0.5, 0.6) is 6.01 Å². The molecule has 0 saturated heterocycles. The summed E-state index contributed by atoms with van der Waals surface area (Å²) in [4.78, 5) is 16.7. The third-order valence-electron chi connectivity index (χ3n) is 2.45. The van der Waals surface area contributed by atoms with E-state index in [4.69, 9.17) is 4.74 Å². The van der Waals surface area contributed by atoms with Gasteiger partial charge in [-0.3, -0.25) is 0 Å². The van der Waals surface area contributed by atoms with Crippen molar-refractivity contribution in [1.29, 1.82) is 0 Å². The van der Waals surface area contributed by atoms with Gasteiger partial charge in [-0.1, -0.05) is 0 Å². The number of aromatic nitrogens is 3. The second kappa shape index (κ2) is 6.95. The van der Waals surface area contributed by atoms with Gasteiger partial charge in [0.2, 0.25) is 11.9 Å². The molecule has 0 spiro atoms. The summed E-state index contributed by atoms with van der Waals surface area (Å²) in [5.74, 6) is 1.13. The molecule has 1 heterocycles. The van der Waals surface area contributed by atoms with Crippen molar-refractivity contribution in [2.24, 2.45) is 0 Å². The molecular weight excluding hydrogens is 232 g/mol. The zero-order valence-corrected chi connectivity index (χ0v) is 11.8. The number of hydrogen-bond donors (Lipinski definition) is 1. The van der Waals surface area contributed by atoms with Crippen LogP contribution in [0.1, 0.15) is 6.42 Å². The number of ether oxygens (including phenoxy) is 1. The smallest absolute Gasteiger partial charge is 0.322 e. The zero-order chi connectivity index (χ0) is 13.5. The van der Waals surface area contributed by atoms with Gasteiger partial charge in [-0.2, -0.15) is 15.0 Å². The van der Waals surface area contributed by atoms with Gasteiger partial charge in [0.15, 0.2) is 0 Å². The zero-order valence-electron chi connectivity index (χ0n) is 11.8. The van der Waals surface area contributed by atoms with Crippen LogP contribution in [0, 0.1) is 0 Å². The quantitative estimate of drug-likeness (QED) is 0.751. The maximum Gasteiger partial charge on any atom is 0.322 e. The molecule has 0 aliphatic rings. The van der Waals surface area contributed by atoms with Gasteiger partial charge in [-0.05, 0) is 27.1 Å². The fourth-order valence-corrected chi connectivity index (χ4v) is 1.44. The van der Waals surface area contributed by atoms with Crippen molar-refractivity contribution >= 4 is 11.9 Å². The minimum atomic E-state index is 0.323. The molecule has 0 fully saturated rings. The molecule has 18 heavy (non-hydrogen) atoms. The Labute approximate surface area is 108 Å². The summed E-state index contributed by atoms with van der Waals surface area (Å²) < 4.78 is 5.05. The van der Waals surface area contributed by atoms with E-state index >= 15 is 0 Å². The summed E-state index contributed by atoms with van der Waals surface area (Å²) in [5.41, 5.74) is 0. The summed E-state index contributed by atoms with van der Waals surface area (Å²) in [7, 11) is 9.40.